The number of aromatic amines is 1. The van der Waals surface area contributed by atoms with Gasteiger partial charge < -0.3 is 14.4 Å². The van der Waals surface area contributed by atoms with Crippen LogP contribution in [0.25, 0.3) is 0 Å². The summed E-state index contributed by atoms with van der Waals surface area (Å²) in [6.45, 7) is 1.33. The Morgan fingerprint density at radius 3 is 2.75 bits per heavy atom. The van der Waals surface area contributed by atoms with Crippen LogP contribution in [0, 0.1) is 0 Å². The third-order valence-corrected chi connectivity index (χ3v) is 5.24. The Balaban J connectivity index is 1.48. The Morgan fingerprint density at radius 2 is 1.96 bits per heavy atom. The summed E-state index contributed by atoms with van der Waals surface area (Å²) in [6.07, 6.45) is 6.23. The smallest absolute Gasteiger partial charge is 0.175 e. The number of H-pyrrole nitrogens is 1. The van der Waals surface area contributed by atoms with Crippen molar-refractivity contribution in [3.63, 3.8) is 0 Å². The van der Waals surface area contributed by atoms with Gasteiger partial charge >= 0.3 is 0 Å². The maximum atomic E-state index is 5.46. The van der Waals surface area contributed by atoms with Crippen LogP contribution in [-0.2, 0) is 6.54 Å². The van der Waals surface area contributed by atoms with Crippen molar-refractivity contribution >= 4 is 17.3 Å². The van der Waals surface area contributed by atoms with Crippen molar-refractivity contribution in [2.45, 2.75) is 25.3 Å². The normalized spacial score (nSPS) is 17.6. The summed E-state index contributed by atoms with van der Waals surface area (Å²) in [6, 6.07) is 7.98. The van der Waals surface area contributed by atoms with Crippen LogP contribution >= 0.6 is 0 Å². The number of imidazole rings is 1. The first-order valence-corrected chi connectivity index (χ1v) is 9.37. The number of aromatic nitrogens is 4. The molecule has 8 heteroatoms. The van der Waals surface area contributed by atoms with Gasteiger partial charge in [0.2, 0.25) is 0 Å². The number of rotatable bonds is 5. The molecule has 0 saturated heterocycles. The molecule has 1 aromatic carbocycles. The lowest BCUT2D eigenvalue weighted by Gasteiger charge is -2.30. The largest absolute Gasteiger partial charge is 0.493 e. The number of hydrogen-bond donors (Lipinski definition) is 1. The number of methoxy groups -OCH3 is 2. The van der Waals surface area contributed by atoms with Gasteiger partial charge in [0.25, 0.3) is 0 Å². The van der Waals surface area contributed by atoms with Crippen molar-refractivity contribution in [2.24, 2.45) is 4.99 Å². The molecule has 3 heterocycles. The molecule has 1 aliphatic carbocycles. The van der Waals surface area contributed by atoms with Crippen molar-refractivity contribution in [2.75, 3.05) is 25.7 Å². The van der Waals surface area contributed by atoms with Crippen molar-refractivity contribution in [1.82, 2.24) is 19.7 Å². The van der Waals surface area contributed by atoms with E-state index in [9.17, 15) is 0 Å². The van der Waals surface area contributed by atoms with Gasteiger partial charge in [-0.25, -0.2) is 9.98 Å². The summed E-state index contributed by atoms with van der Waals surface area (Å²) < 4.78 is 12.9. The topological polar surface area (TPSA) is 80.6 Å². The molecule has 0 radical (unpaired) electrons. The van der Waals surface area contributed by atoms with Crippen LogP contribution in [0.4, 0.5) is 11.5 Å². The maximum absolute atomic E-state index is 5.46. The molecule has 8 nitrogen and oxygen atoms in total. The van der Waals surface area contributed by atoms with Crippen molar-refractivity contribution < 1.29 is 9.47 Å². The molecule has 0 spiro atoms. The minimum Gasteiger partial charge on any atom is -0.493 e. The predicted octanol–water partition coefficient (Wildman–Crippen LogP) is 3.10. The number of aliphatic imine (C=N–C) groups is 1. The highest BCUT2D eigenvalue weighted by atomic mass is 16.5. The lowest BCUT2D eigenvalue weighted by atomic mass is 10.2. The van der Waals surface area contributed by atoms with Crippen LogP contribution in [0.3, 0.4) is 0 Å². The molecule has 3 aromatic rings. The Labute approximate surface area is 162 Å². The predicted molar refractivity (Wildman–Crippen MR) is 106 cm³/mol. The Kier molecular flexibility index (Phi) is 4.03. The molecule has 2 aromatic heterocycles. The maximum Gasteiger partial charge on any atom is 0.175 e. The first-order valence-electron chi connectivity index (χ1n) is 9.37. The van der Waals surface area contributed by atoms with Crippen molar-refractivity contribution in [1.29, 1.82) is 0 Å². The zero-order chi connectivity index (χ0) is 19.1. The average Bonchev–Trinajstić information content (AvgIpc) is 3.28. The number of fused-ring (bicyclic) bond motifs is 1. The molecule has 0 unspecified atom stereocenters. The molecule has 144 valence electrons. The average molecular weight is 378 g/mol. The quantitative estimate of drug-likeness (QED) is 0.738. The molecular weight excluding hydrogens is 356 g/mol. The molecule has 1 N–H and O–H groups in total. The van der Waals surface area contributed by atoms with Crippen LogP contribution < -0.4 is 14.4 Å². The van der Waals surface area contributed by atoms with E-state index in [2.05, 4.69) is 26.1 Å². The second-order valence-electron chi connectivity index (χ2n) is 7.09. The van der Waals surface area contributed by atoms with E-state index in [4.69, 9.17) is 14.5 Å². The van der Waals surface area contributed by atoms with E-state index in [1.54, 1.807) is 14.2 Å². The number of hydrogen-bond acceptors (Lipinski definition) is 6. The van der Waals surface area contributed by atoms with E-state index in [-0.39, 0.29) is 0 Å². The number of nitrogens with one attached hydrogen (secondary N) is 1. The van der Waals surface area contributed by atoms with Gasteiger partial charge in [-0.2, -0.15) is 5.10 Å². The van der Waals surface area contributed by atoms with Gasteiger partial charge in [-0.15, -0.1) is 0 Å². The monoisotopic (exact) mass is 378 g/mol. The van der Waals surface area contributed by atoms with E-state index < -0.39 is 0 Å². The summed E-state index contributed by atoms with van der Waals surface area (Å²) in [5, 5.41) is 7.50. The highest BCUT2D eigenvalue weighted by Gasteiger charge is 2.26. The molecule has 0 bridgehead atoms. The van der Waals surface area contributed by atoms with E-state index in [1.807, 2.05) is 35.2 Å². The number of anilines is 1. The summed E-state index contributed by atoms with van der Waals surface area (Å²) in [4.78, 5) is 11.5. The van der Waals surface area contributed by atoms with Crippen LogP contribution in [-0.4, -0.2) is 46.3 Å². The Bertz CT molecular complexity index is 1030. The van der Waals surface area contributed by atoms with E-state index >= 15 is 0 Å². The van der Waals surface area contributed by atoms with Gasteiger partial charge in [-0.05, 0) is 25.0 Å². The Hall–Kier alpha value is -3.29. The summed E-state index contributed by atoms with van der Waals surface area (Å²) in [7, 11) is 3.28. The van der Waals surface area contributed by atoms with Gasteiger partial charge in [-0.3, -0.25) is 9.67 Å². The summed E-state index contributed by atoms with van der Waals surface area (Å²) in [5.41, 5.74) is 2.21. The van der Waals surface area contributed by atoms with Gasteiger partial charge in [0, 0.05) is 41.8 Å². The molecular formula is C20H22N6O2. The highest BCUT2D eigenvalue weighted by molar-refractivity contribution is 5.92. The molecule has 1 fully saturated rings. The number of nitrogens with zero attached hydrogens (tertiary/aromatic N) is 5. The molecule has 1 saturated carbocycles. The molecule has 1 aliphatic heterocycles. The second kappa shape index (κ2) is 6.70. The zero-order valence-corrected chi connectivity index (χ0v) is 15.9. The molecule has 0 atom stereocenters. The zero-order valence-electron chi connectivity index (χ0n) is 15.9. The SMILES string of the molecule is COc1ccc(N2CC(=Nc3cc(C4CC4)[nH]n3)n3ccnc3C2)cc1OC. The van der Waals surface area contributed by atoms with E-state index in [0.29, 0.717) is 36.3 Å². The van der Waals surface area contributed by atoms with Crippen LogP contribution in [0.2, 0.25) is 0 Å². The van der Waals surface area contributed by atoms with Crippen molar-refractivity contribution in [3.05, 3.63) is 48.2 Å². The molecule has 5 rings (SSSR count). The van der Waals surface area contributed by atoms with Gasteiger partial charge in [0.05, 0.1) is 27.3 Å². The third-order valence-electron chi connectivity index (χ3n) is 5.24. The third kappa shape index (κ3) is 3.00. The lowest BCUT2D eigenvalue weighted by Crippen LogP contribution is -2.39. The molecule has 28 heavy (non-hydrogen) atoms. The summed E-state index contributed by atoms with van der Waals surface area (Å²) in [5.74, 6) is 4.59. The number of ether oxygens (including phenoxy) is 2. The standard InChI is InChI=1S/C20H22N6O2/c1-27-16-6-5-14(9-17(16)28-2)25-11-19-21-7-8-26(19)20(12-25)22-18-10-15(23-24-18)13-3-4-13/h5-10,13H,3-4,11-12H2,1-2H3,(H,23,24). The highest BCUT2D eigenvalue weighted by Crippen LogP contribution is 2.40. The Morgan fingerprint density at radius 1 is 1.11 bits per heavy atom. The fourth-order valence-electron chi connectivity index (χ4n) is 3.57. The van der Waals surface area contributed by atoms with E-state index in [0.717, 1.165) is 17.3 Å². The van der Waals surface area contributed by atoms with Gasteiger partial charge in [0.15, 0.2) is 17.3 Å². The minimum absolute atomic E-state index is 0.625. The summed E-state index contributed by atoms with van der Waals surface area (Å²) >= 11 is 0. The molecule has 2 aliphatic rings. The van der Waals surface area contributed by atoms with Gasteiger partial charge in [-0.1, -0.05) is 0 Å². The van der Waals surface area contributed by atoms with Crippen LogP contribution in [0.5, 0.6) is 11.5 Å². The van der Waals surface area contributed by atoms with Crippen molar-refractivity contribution in [3.8, 4) is 11.5 Å². The number of benzene rings is 1. The van der Waals surface area contributed by atoms with Crippen LogP contribution in [0.1, 0.15) is 30.3 Å². The fraction of sp³-hybridized carbons (Fsp3) is 0.350. The van der Waals surface area contributed by atoms with Crippen LogP contribution in [0.15, 0.2) is 41.7 Å². The first-order chi connectivity index (χ1) is 13.7. The van der Waals surface area contributed by atoms with E-state index in [1.165, 1.54) is 18.5 Å². The lowest BCUT2D eigenvalue weighted by molar-refractivity contribution is 0.355. The second-order valence-corrected chi connectivity index (χ2v) is 7.09. The molecule has 0 amide bonds. The van der Waals surface area contributed by atoms with Gasteiger partial charge in [0.1, 0.15) is 11.7 Å². The fourth-order valence-corrected chi connectivity index (χ4v) is 3.57. The first kappa shape index (κ1) is 16.9. The minimum atomic E-state index is 0.625.